The van der Waals surface area contributed by atoms with Crippen molar-refractivity contribution in [3.05, 3.63) is 87.4 Å². The quantitative estimate of drug-likeness (QED) is 0.320. The fourth-order valence-electron chi connectivity index (χ4n) is 3.88. The fourth-order valence-corrected chi connectivity index (χ4v) is 4.39. The number of methoxy groups -OCH3 is 1. The summed E-state index contributed by atoms with van der Waals surface area (Å²) in [4.78, 5) is 0. The molecule has 0 atom stereocenters. The number of hydrogen-bond acceptors (Lipinski definition) is 2. The first-order valence-corrected chi connectivity index (χ1v) is 10.1. The first-order valence-electron chi connectivity index (χ1n) is 9.34. The van der Waals surface area contributed by atoms with Gasteiger partial charge in [-0.15, -0.1) is 0 Å². The van der Waals surface area contributed by atoms with Crippen LogP contribution in [-0.4, -0.2) is 13.9 Å². The number of ether oxygens (including phenoxy) is 2. The summed E-state index contributed by atoms with van der Waals surface area (Å²) in [5.74, 6) is 0.774. The molecule has 0 radical (unpaired) electrons. The van der Waals surface area contributed by atoms with E-state index in [0.717, 1.165) is 15.8 Å². The Morgan fingerprint density at radius 3 is 2.29 bits per heavy atom. The third-order valence-electron chi connectivity index (χ3n) is 5.36. The van der Waals surface area contributed by atoms with Crippen molar-refractivity contribution < 1.29 is 9.47 Å². The zero-order chi connectivity index (χ0) is 19.7. The van der Waals surface area contributed by atoms with Gasteiger partial charge in [-0.3, -0.25) is 0 Å². The topological polar surface area (TPSA) is 18.5 Å². The molecule has 1 aliphatic carbocycles. The van der Waals surface area contributed by atoms with Crippen LogP contribution in [0.15, 0.2) is 65.1 Å². The molecule has 28 heavy (non-hydrogen) atoms. The van der Waals surface area contributed by atoms with Crippen molar-refractivity contribution in [3.8, 4) is 16.9 Å². The van der Waals surface area contributed by atoms with Gasteiger partial charge in [0.05, 0.1) is 4.47 Å². The summed E-state index contributed by atoms with van der Waals surface area (Å²) in [6.07, 6.45) is 4.29. The maximum absolute atomic E-state index is 5.51. The maximum atomic E-state index is 5.51. The molecule has 0 heterocycles. The molecular formula is C25H23BrO2. The zero-order valence-corrected chi connectivity index (χ0v) is 17.9. The Balaban J connectivity index is 1.61. The van der Waals surface area contributed by atoms with E-state index >= 15 is 0 Å². The second-order valence-corrected chi connectivity index (χ2v) is 8.40. The SMILES string of the molecule is COCOc1ccc(/C=C/c2ccc3c(c2)C(C)(C)c2ccccc2-3)cc1Br. The van der Waals surface area contributed by atoms with Gasteiger partial charge < -0.3 is 9.47 Å². The van der Waals surface area contributed by atoms with Crippen molar-refractivity contribution in [3.63, 3.8) is 0 Å². The van der Waals surface area contributed by atoms with Crippen molar-refractivity contribution in [1.29, 1.82) is 0 Å². The molecule has 0 fully saturated rings. The van der Waals surface area contributed by atoms with E-state index < -0.39 is 0 Å². The summed E-state index contributed by atoms with van der Waals surface area (Å²) in [7, 11) is 1.61. The molecule has 3 heteroatoms. The van der Waals surface area contributed by atoms with Crippen molar-refractivity contribution in [2.24, 2.45) is 0 Å². The molecule has 4 rings (SSSR count). The highest BCUT2D eigenvalue weighted by atomic mass is 79.9. The molecule has 0 unspecified atom stereocenters. The Bertz CT molecular complexity index is 1050. The molecule has 0 bridgehead atoms. The van der Waals surface area contributed by atoms with E-state index in [2.05, 4.69) is 90.5 Å². The first-order chi connectivity index (χ1) is 13.5. The van der Waals surface area contributed by atoms with E-state index in [-0.39, 0.29) is 12.2 Å². The van der Waals surface area contributed by atoms with Crippen molar-refractivity contribution in [2.45, 2.75) is 19.3 Å². The van der Waals surface area contributed by atoms with Crippen LogP contribution in [0.4, 0.5) is 0 Å². The molecule has 0 N–H and O–H groups in total. The van der Waals surface area contributed by atoms with Crippen LogP contribution in [0, 0.1) is 0 Å². The van der Waals surface area contributed by atoms with Gasteiger partial charge in [-0.2, -0.15) is 0 Å². The molecule has 0 spiro atoms. The maximum Gasteiger partial charge on any atom is 0.188 e. The molecule has 0 aromatic heterocycles. The molecule has 0 aliphatic heterocycles. The summed E-state index contributed by atoms with van der Waals surface area (Å²) in [5.41, 5.74) is 7.84. The van der Waals surface area contributed by atoms with Gasteiger partial charge in [-0.25, -0.2) is 0 Å². The molecule has 2 nitrogen and oxygen atoms in total. The van der Waals surface area contributed by atoms with Gasteiger partial charge in [0.2, 0.25) is 0 Å². The minimum atomic E-state index is 0.0269. The number of hydrogen-bond donors (Lipinski definition) is 0. The Morgan fingerprint density at radius 1 is 0.857 bits per heavy atom. The third kappa shape index (κ3) is 3.41. The van der Waals surface area contributed by atoms with Gasteiger partial charge in [0, 0.05) is 12.5 Å². The normalized spacial score (nSPS) is 14.1. The van der Waals surface area contributed by atoms with E-state index in [0.29, 0.717) is 0 Å². The van der Waals surface area contributed by atoms with Crippen molar-refractivity contribution >= 4 is 28.1 Å². The lowest BCUT2D eigenvalue weighted by atomic mass is 9.82. The van der Waals surface area contributed by atoms with Gasteiger partial charge in [0.25, 0.3) is 0 Å². The number of benzene rings is 3. The van der Waals surface area contributed by atoms with Crippen LogP contribution in [-0.2, 0) is 10.2 Å². The van der Waals surface area contributed by atoms with Crippen LogP contribution in [0.5, 0.6) is 5.75 Å². The van der Waals surface area contributed by atoms with E-state index in [1.807, 2.05) is 12.1 Å². The minimum Gasteiger partial charge on any atom is -0.466 e. The highest BCUT2D eigenvalue weighted by Crippen LogP contribution is 2.48. The third-order valence-corrected chi connectivity index (χ3v) is 5.98. The molecule has 3 aromatic carbocycles. The van der Waals surface area contributed by atoms with Gasteiger partial charge in [-0.1, -0.05) is 74.5 Å². The smallest absolute Gasteiger partial charge is 0.188 e. The van der Waals surface area contributed by atoms with Crippen LogP contribution >= 0.6 is 15.9 Å². The second-order valence-electron chi connectivity index (χ2n) is 7.55. The van der Waals surface area contributed by atoms with Crippen LogP contribution < -0.4 is 4.74 Å². The van der Waals surface area contributed by atoms with Gasteiger partial charge >= 0.3 is 0 Å². The van der Waals surface area contributed by atoms with E-state index in [4.69, 9.17) is 9.47 Å². The summed E-state index contributed by atoms with van der Waals surface area (Å²) in [6, 6.07) is 21.5. The van der Waals surface area contributed by atoms with Crippen LogP contribution in [0.2, 0.25) is 0 Å². The lowest BCUT2D eigenvalue weighted by Crippen LogP contribution is -2.14. The first kappa shape index (κ1) is 19.0. The fraction of sp³-hybridized carbons (Fsp3) is 0.200. The average molecular weight is 435 g/mol. The van der Waals surface area contributed by atoms with E-state index in [1.165, 1.54) is 27.8 Å². The summed E-state index contributed by atoms with van der Waals surface area (Å²) in [5, 5.41) is 0. The van der Waals surface area contributed by atoms with E-state index in [1.54, 1.807) is 7.11 Å². The van der Waals surface area contributed by atoms with Crippen molar-refractivity contribution in [1.82, 2.24) is 0 Å². The van der Waals surface area contributed by atoms with Gasteiger partial charge in [0.1, 0.15) is 5.75 Å². The van der Waals surface area contributed by atoms with E-state index in [9.17, 15) is 0 Å². The van der Waals surface area contributed by atoms with Crippen LogP contribution in [0.3, 0.4) is 0 Å². The Hall–Kier alpha value is -2.36. The number of fused-ring (bicyclic) bond motifs is 3. The molecule has 0 saturated carbocycles. The summed E-state index contributed by atoms with van der Waals surface area (Å²) in [6.45, 7) is 4.85. The predicted molar refractivity (Wildman–Crippen MR) is 120 cm³/mol. The molecular weight excluding hydrogens is 412 g/mol. The highest BCUT2D eigenvalue weighted by Gasteiger charge is 2.34. The zero-order valence-electron chi connectivity index (χ0n) is 16.3. The molecule has 0 saturated heterocycles. The Kier molecular flexibility index (Phi) is 5.13. The molecule has 0 amide bonds. The Morgan fingerprint density at radius 2 is 1.54 bits per heavy atom. The standard InChI is InChI=1S/C25H23BrO2/c1-25(2)21-7-5-4-6-19(21)20-12-10-17(14-22(20)25)8-9-18-11-13-24(23(26)15-18)28-16-27-3/h4-15H,16H2,1-3H3/b9-8+. The number of rotatable bonds is 5. The number of halogens is 1. The monoisotopic (exact) mass is 434 g/mol. The molecule has 3 aromatic rings. The second kappa shape index (κ2) is 7.57. The minimum absolute atomic E-state index is 0.0269. The lowest BCUT2D eigenvalue weighted by Gasteiger charge is -2.21. The molecule has 1 aliphatic rings. The van der Waals surface area contributed by atoms with Gasteiger partial charge in [-0.05, 0) is 61.4 Å². The average Bonchev–Trinajstić information content (AvgIpc) is 2.93. The highest BCUT2D eigenvalue weighted by molar-refractivity contribution is 9.10. The molecule has 142 valence electrons. The lowest BCUT2D eigenvalue weighted by molar-refractivity contribution is 0.0506. The Labute approximate surface area is 174 Å². The summed E-state index contributed by atoms with van der Waals surface area (Å²) < 4.78 is 11.4. The van der Waals surface area contributed by atoms with Crippen LogP contribution in [0.25, 0.3) is 23.3 Å². The van der Waals surface area contributed by atoms with Crippen molar-refractivity contribution in [2.75, 3.05) is 13.9 Å². The van der Waals surface area contributed by atoms with Crippen LogP contribution in [0.1, 0.15) is 36.1 Å². The predicted octanol–water partition coefficient (Wildman–Crippen LogP) is 6.91. The summed E-state index contributed by atoms with van der Waals surface area (Å²) >= 11 is 3.56. The van der Waals surface area contributed by atoms with Gasteiger partial charge in [0.15, 0.2) is 6.79 Å². The largest absolute Gasteiger partial charge is 0.466 e.